The average Bonchev–Trinajstić information content (AvgIpc) is 2.73. The van der Waals surface area contributed by atoms with E-state index in [1.807, 2.05) is 60.7 Å². The molecule has 0 atom stereocenters. The molecule has 3 rings (SSSR count). The number of carbonyl (C=O) groups is 1. The predicted molar refractivity (Wildman–Crippen MR) is 119 cm³/mol. The first-order valence-electron chi connectivity index (χ1n) is 9.01. The summed E-state index contributed by atoms with van der Waals surface area (Å²) in [6.07, 6.45) is 1.63. The zero-order valence-electron chi connectivity index (χ0n) is 15.3. The molecule has 3 aromatic rings. The number of hydrogen-bond donors (Lipinski definition) is 1. The van der Waals surface area contributed by atoms with Gasteiger partial charge in [0.25, 0.3) is 5.91 Å². The summed E-state index contributed by atoms with van der Waals surface area (Å²) in [4.78, 5) is 14.6. The molecule has 0 radical (unpaired) electrons. The van der Waals surface area contributed by atoms with Crippen molar-refractivity contribution < 1.29 is 4.79 Å². The highest BCUT2D eigenvalue weighted by Gasteiger charge is 2.08. The van der Waals surface area contributed by atoms with E-state index in [1.54, 1.807) is 12.3 Å². The Bertz CT molecular complexity index is 946. The van der Waals surface area contributed by atoms with Gasteiger partial charge in [0.05, 0.1) is 6.21 Å². The molecule has 0 aromatic heterocycles. The molecule has 1 amide bonds. The van der Waals surface area contributed by atoms with Crippen molar-refractivity contribution in [2.45, 2.75) is 0 Å². The van der Waals surface area contributed by atoms with E-state index in [1.165, 1.54) is 0 Å². The number of benzene rings is 3. The quantitative estimate of drug-likeness (QED) is 0.324. The molecule has 28 heavy (non-hydrogen) atoms. The summed E-state index contributed by atoms with van der Waals surface area (Å²) in [7, 11) is 0. The van der Waals surface area contributed by atoms with Crippen LogP contribution in [0.4, 0.5) is 5.69 Å². The van der Waals surface area contributed by atoms with Gasteiger partial charge in [-0.25, -0.2) is 5.43 Å². The highest BCUT2D eigenvalue weighted by molar-refractivity contribution is 6.18. The Kier molecular flexibility index (Phi) is 7.29. The van der Waals surface area contributed by atoms with Crippen LogP contribution in [0.1, 0.15) is 15.9 Å². The molecular weight excluding hydrogens is 393 g/mol. The second-order valence-corrected chi connectivity index (χ2v) is 6.94. The van der Waals surface area contributed by atoms with E-state index in [4.69, 9.17) is 23.2 Å². The van der Waals surface area contributed by atoms with Crippen LogP contribution in [-0.4, -0.2) is 37.0 Å². The van der Waals surface area contributed by atoms with Gasteiger partial charge in [0.2, 0.25) is 0 Å². The SMILES string of the molecule is O=C(N/N=C/c1ccc(N(CCCl)CCCl)cc1)c1cccc2ccccc12. The Morgan fingerprint density at radius 1 is 0.929 bits per heavy atom. The lowest BCUT2D eigenvalue weighted by Crippen LogP contribution is -2.27. The fraction of sp³-hybridized carbons (Fsp3) is 0.182. The van der Waals surface area contributed by atoms with Gasteiger partial charge < -0.3 is 4.90 Å². The highest BCUT2D eigenvalue weighted by Crippen LogP contribution is 2.18. The standard InChI is InChI=1S/C22H21Cl2N3O/c23-12-14-27(15-13-24)19-10-8-17(9-11-19)16-25-26-22(28)21-7-3-5-18-4-1-2-6-20(18)21/h1-11,16H,12-15H2,(H,26,28)/b25-16+. The van der Waals surface area contributed by atoms with Gasteiger partial charge in [0.1, 0.15) is 0 Å². The Morgan fingerprint density at radius 2 is 1.61 bits per heavy atom. The lowest BCUT2D eigenvalue weighted by Gasteiger charge is -2.22. The maximum absolute atomic E-state index is 12.5. The zero-order valence-corrected chi connectivity index (χ0v) is 16.8. The fourth-order valence-electron chi connectivity index (χ4n) is 2.99. The van der Waals surface area contributed by atoms with Gasteiger partial charge in [-0.2, -0.15) is 5.10 Å². The van der Waals surface area contributed by atoms with Crippen LogP contribution in [0.3, 0.4) is 0 Å². The molecule has 0 fully saturated rings. The summed E-state index contributed by atoms with van der Waals surface area (Å²) < 4.78 is 0. The molecule has 0 aliphatic carbocycles. The summed E-state index contributed by atoms with van der Waals surface area (Å²) >= 11 is 11.7. The topological polar surface area (TPSA) is 44.7 Å². The summed E-state index contributed by atoms with van der Waals surface area (Å²) in [6.45, 7) is 1.48. The number of rotatable bonds is 8. The van der Waals surface area contributed by atoms with Gasteiger partial charge >= 0.3 is 0 Å². The van der Waals surface area contributed by atoms with Crippen LogP contribution in [-0.2, 0) is 0 Å². The fourth-order valence-corrected chi connectivity index (χ4v) is 3.40. The largest absolute Gasteiger partial charge is 0.369 e. The Balaban J connectivity index is 1.66. The highest BCUT2D eigenvalue weighted by atomic mass is 35.5. The molecule has 0 saturated carbocycles. The summed E-state index contributed by atoms with van der Waals surface area (Å²) in [5.41, 5.74) is 5.14. The molecule has 4 nitrogen and oxygen atoms in total. The number of halogens is 2. The lowest BCUT2D eigenvalue weighted by molar-refractivity contribution is 0.0957. The van der Waals surface area contributed by atoms with Gasteiger partial charge in [-0.1, -0.05) is 48.5 Å². The number of nitrogens with zero attached hydrogens (tertiary/aromatic N) is 2. The molecule has 0 spiro atoms. The maximum Gasteiger partial charge on any atom is 0.271 e. The van der Waals surface area contributed by atoms with Gasteiger partial charge in [0.15, 0.2) is 0 Å². The van der Waals surface area contributed by atoms with E-state index < -0.39 is 0 Å². The van der Waals surface area contributed by atoms with Gasteiger partial charge in [0, 0.05) is 36.1 Å². The first-order chi connectivity index (χ1) is 13.7. The molecule has 6 heteroatoms. The maximum atomic E-state index is 12.5. The van der Waals surface area contributed by atoms with Crippen LogP contribution >= 0.6 is 23.2 Å². The smallest absolute Gasteiger partial charge is 0.271 e. The van der Waals surface area contributed by atoms with Gasteiger partial charge in [-0.05, 0) is 34.5 Å². The second kappa shape index (κ2) is 10.1. The van der Waals surface area contributed by atoms with E-state index in [-0.39, 0.29) is 5.91 Å². The molecule has 1 N–H and O–H groups in total. The molecular formula is C22H21Cl2N3O. The first-order valence-corrected chi connectivity index (χ1v) is 10.1. The normalized spacial score (nSPS) is 11.1. The molecule has 0 unspecified atom stereocenters. The Hall–Kier alpha value is -2.56. The van der Waals surface area contributed by atoms with Crippen molar-refractivity contribution in [3.63, 3.8) is 0 Å². The number of nitrogens with one attached hydrogen (secondary N) is 1. The van der Waals surface area contributed by atoms with E-state index in [0.717, 1.165) is 35.1 Å². The molecule has 3 aromatic carbocycles. The van der Waals surface area contributed by atoms with E-state index in [0.29, 0.717) is 17.3 Å². The predicted octanol–water partition coefficient (Wildman–Crippen LogP) is 4.89. The van der Waals surface area contributed by atoms with Crippen molar-refractivity contribution in [1.82, 2.24) is 5.43 Å². The van der Waals surface area contributed by atoms with Crippen LogP contribution < -0.4 is 10.3 Å². The molecule has 0 heterocycles. The minimum Gasteiger partial charge on any atom is -0.369 e. The number of anilines is 1. The van der Waals surface area contributed by atoms with Crippen LogP contribution in [0.25, 0.3) is 10.8 Å². The number of fused-ring (bicyclic) bond motifs is 1. The summed E-state index contributed by atoms with van der Waals surface area (Å²) in [6, 6.07) is 21.3. The van der Waals surface area contributed by atoms with Crippen molar-refractivity contribution in [1.29, 1.82) is 0 Å². The summed E-state index contributed by atoms with van der Waals surface area (Å²) in [5.74, 6) is 0.848. The van der Waals surface area contributed by atoms with E-state index in [9.17, 15) is 4.79 Å². The van der Waals surface area contributed by atoms with Crippen molar-refractivity contribution in [3.05, 3.63) is 77.9 Å². The average molecular weight is 414 g/mol. The van der Waals surface area contributed by atoms with Crippen LogP contribution in [0.15, 0.2) is 71.8 Å². The second-order valence-electron chi connectivity index (χ2n) is 6.18. The number of amides is 1. The molecule has 0 aliphatic heterocycles. The third-order valence-corrected chi connectivity index (χ3v) is 4.72. The minimum atomic E-state index is -0.236. The third kappa shape index (κ3) is 5.03. The molecule has 0 bridgehead atoms. The minimum absolute atomic E-state index is 0.236. The lowest BCUT2D eigenvalue weighted by atomic mass is 10.0. The summed E-state index contributed by atoms with van der Waals surface area (Å²) in [5, 5.41) is 6.02. The Morgan fingerprint density at radius 3 is 2.32 bits per heavy atom. The van der Waals surface area contributed by atoms with Gasteiger partial charge in [-0.3, -0.25) is 4.79 Å². The van der Waals surface area contributed by atoms with Crippen molar-refractivity contribution in [3.8, 4) is 0 Å². The molecule has 144 valence electrons. The number of hydrazone groups is 1. The Labute approximate surface area is 174 Å². The van der Waals surface area contributed by atoms with Crippen molar-refractivity contribution in [2.75, 3.05) is 29.7 Å². The number of hydrogen-bond acceptors (Lipinski definition) is 3. The van der Waals surface area contributed by atoms with Gasteiger partial charge in [-0.15, -0.1) is 23.2 Å². The van der Waals surface area contributed by atoms with Crippen LogP contribution in [0.2, 0.25) is 0 Å². The third-order valence-electron chi connectivity index (χ3n) is 4.38. The first kappa shape index (κ1) is 20.2. The molecule has 0 saturated heterocycles. The molecule has 0 aliphatic rings. The van der Waals surface area contributed by atoms with Crippen molar-refractivity contribution in [2.24, 2.45) is 5.10 Å². The van der Waals surface area contributed by atoms with E-state index >= 15 is 0 Å². The monoisotopic (exact) mass is 413 g/mol. The van der Waals surface area contributed by atoms with Crippen LogP contribution in [0.5, 0.6) is 0 Å². The van der Waals surface area contributed by atoms with Crippen molar-refractivity contribution >= 4 is 51.8 Å². The number of alkyl halides is 2. The van der Waals surface area contributed by atoms with Crippen LogP contribution in [0, 0.1) is 0 Å². The van der Waals surface area contributed by atoms with E-state index in [2.05, 4.69) is 15.4 Å². The zero-order chi connectivity index (χ0) is 19.8. The number of carbonyl (C=O) groups excluding carboxylic acids is 1.